The van der Waals surface area contributed by atoms with Crippen molar-refractivity contribution in [1.29, 1.82) is 0 Å². The fourth-order valence-electron chi connectivity index (χ4n) is 1.31. The Balaban J connectivity index is 2.50. The molecule has 15 heavy (non-hydrogen) atoms. The Bertz CT molecular complexity index is 266. The van der Waals surface area contributed by atoms with Crippen molar-refractivity contribution in [1.82, 2.24) is 0 Å². The summed E-state index contributed by atoms with van der Waals surface area (Å²) in [5.41, 5.74) is 14.8. The molecule has 1 saturated heterocycles. The molecule has 7 nitrogen and oxygen atoms in total. The monoisotopic (exact) mass is 215 g/mol. The van der Waals surface area contributed by atoms with Crippen LogP contribution >= 0.6 is 0 Å². The summed E-state index contributed by atoms with van der Waals surface area (Å²) in [6, 6.07) is 0. The average molecular weight is 215 g/mol. The highest BCUT2D eigenvalue weighted by molar-refractivity contribution is 5.92. The lowest BCUT2D eigenvalue weighted by Gasteiger charge is -2.30. The first-order valence-corrected chi connectivity index (χ1v) is 4.71. The van der Waals surface area contributed by atoms with E-state index < -0.39 is 5.60 Å². The van der Waals surface area contributed by atoms with Crippen LogP contribution in [-0.2, 0) is 4.74 Å². The summed E-state index contributed by atoms with van der Waals surface area (Å²) in [7, 11) is 0. The molecule has 0 aromatic carbocycles. The summed E-state index contributed by atoms with van der Waals surface area (Å²) < 4.78 is 5.13. The van der Waals surface area contributed by atoms with E-state index in [1.54, 1.807) is 0 Å². The van der Waals surface area contributed by atoms with Gasteiger partial charge in [-0.05, 0) is 0 Å². The summed E-state index contributed by atoms with van der Waals surface area (Å²) in [5.74, 6) is -0.162. The predicted octanol–water partition coefficient (Wildman–Crippen LogP) is -1.88. The van der Waals surface area contributed by atoms with Gasteiger partial charge in [0.1, 0.15) is 0 Å². The SMILES string of the molecule is NC(N)=NC(N)=NCC1(O)CCOCC1. The lowest BCUT2D eigenvalue weighted by atomic mass is 9.95. The number of aliphatic imine (C=N–C) groups is 2. The minimum absolute atomic E-state index is 0.0186. The van der Waals surface area contributed by atoms with Gasteiger partial charge >= 0.3 is 0 Å². The lowest BCUT2D eigenvalue weighted by molar-refractivity contribution is -0.0565. The molecule has 7 N–H and O–H groups in total. The van der Waals surface area contributed by atoms with Crippen molar-refractivity contribution in [3.63, 3.8) is 0 Å². The molecule has 0 spiro atoms. The highest BCUT2D eigenvalue weighted by Crippen LogP contribution is 2.20. The second-order valence-corrected chi connectivity index (χ2v) is 3.55. The number of guanidine groups is 2. The van der Waals surface area contributed by atoms with Crippen molar-refractivity contribution >= 4 is 11.9 Å². The molecule has 0 unspecified atom stereocenters. The highest BCUT2D eigenvalue weighted by Gasteiger charge is 2.29. The van der Waals surface area contributed by atoms with E-state index >= 15 is 0 Å². The third-order valence-electron chi connectivity index (χ3n) is 2.20. The molecule has 1 aliphatic rings. The van der Waals surface area contributed by atoms with E-state index in [1.807, 2.05) is 0 Å². The third-order valence-corrected chi connectivity index (χ3v) is 2.20. The van der Waals surface area contributed by atoms with E-state index in [9.17, 15) is 5.11 Å². The molecule has 1 aliphatic heterocycles. The molecule has 0 saturated carbocycles. The summed E-state index contributed by atoms with van der Waals surface area (Å²) in [5, 5.41) is 10.0. The van der Waals surface area contributed by atoms with Crippen molar-refractivity contribution in [3.05, 3.63) is 0 Å². The van der Waals surface area contributed by atoms with Gasteiger partial charge in [-0.25, -0.2) is 4.99 Å². The molecule has 0 amide bonds. The molecule has 86 valence electrons. The van der Waals surface area contributed by atoms with Gasteiger partial charge in [0, 0.05) is 26.1 Å². The first-order valence-electron chi connectivity index (χ1n) is 4.71. The van der Waals surface area contributed by atoms with Crippen LogP contribution in [0.2, 0.25) is 0 Å². The summed E-state index contributed by atoms with van der Waals surface area (Å²) >= 11 is 0. The highest BCUT2D eigenvalue weighted by atomic mass is 16.5. The zero-order valence-electron chi connectivity index (χ0n) is 8.52. The second-order valence-electron chi connectivity index (χ2n) is 3.55. The first kappa shape index (κ1) is 11.7. The predicted molar refractivity (Wildman–Crippen MR) is 57.3 cm³/mol. The van der Waals surface area contributed by atoms with Crippen molar-refractivity contribution in [2.24, 2.45) is 27.2 Å². The number of hydrogen-bond acceptors (Lipinski definition) is 3. The van der Waals surface area contributed by atoms with E-state index in [0.717, 1.165) is 0 Å². The molecular weight excluding hydrogens is 198 g/mol. The molecule has 0 aromatic heterocycles. The van der Waals surface area contributed by atoms with Crippen LogP contribution in [0.5, 0.6) is 0 Å². The van der Waals surface area contributed by atoms with E-state index in [1.165, 1.54) is 0 Å². The van der Waals surface area contributed by atoms with Gasteiger partial charge in [0.25, 0.3) is 0 Å². The first-order chi connectivity index (χ1) is 7.02. The van der Waals surface area contributed by atoms with E-state index in [2.05, 4.69) is 9.98 Å². The van der Waals surface area contributed by atoms with Gasteiger partial charge in [-0.15, -0.1) is 0 Å². The molecule has 7 heteroatoms. The Hall–Kier alpha value is -1.34. The van der Waals surface area contributed by atoms with Crippen LogP contribution in [0.25, 0.3) is 0 Å². The smallest absolute Gasteiger partial charge is 0.218 e. The van der Waals surface area contributed by atoms with Crippen LogP contribution < -0.4 is 17.2 Å². The Kier molecular flexibility index (Phi) is 3.87. The van der Waals surface area contributed by atoms with Gasteiger partial charge < -0.3 is 27.0 Å². The second kappa shape index (κ2) is 4.94. The molecule has 1 fully saturated rings. The Morgan fingerprint density at radius 3 is 2.40 bits per heavy atom. The third kappa shape index (κ3) is 4.13. The average Bonchev–Trinajstić information content (AvgIpc) is 2.15. The maximum absolute atomic E-state index is 10.0. The molecule has 1 rings (SSSR count). The minimum atomic E-state index is -0.845. The zero-order valence-corrected chi connectivity index (χ0v) is 8.52. The lowest BCUT2D eigenvalue weighted by Crippen LogP contribution is -2.39. The van der Waals surface area contributed by atoms with Gasteiger partial charge in [0.15, 0.2) is 5.96 Å². The number of nitrogens with zero attached hydrogens (tertiary/aromatic N) is 2. The zero-order chi connectivity index (χ0) is 11.3. The van der Waals surface area contributed by atoms with Crippen LogP contribution in [-0.4, -0.2) is 42.4 Å². The maximum Gasteiger partial charge on any atom is 0.218 e. The number of nitrogens with two attached hydrogens (primary N) is 3. The molecule has 0 aliphatic carbocycles. The standard InChI is InChI=1S/C8H17N5O2/c9-6(10)13-7(11)12-5-8(14)1-3-15-4-2-8/h14H,1-5H2,(H6,9,10,11,12,13). The fourth-order valence-corrected chi connectivity index (χ4v) is 1.31. The summed E-state index contributed by atoms with van der Waals surface area (Å²) in [6.45, 7) is 1.27. The molecule has 0 bridgehead atoms. The van der Waals surface area contributed by atoms with Gasteiger partial charge in [-0.2, -0.15) is 4.99 Å². The Labute approximate surface area is 88.0 Å². The van der Waals surface area contributed by atoms with Gasteiger partial charge in [-0.1, -0.05) is 0 Å². The van der Waals surface area contributed by atoms with Gasteiger partial charge in [-0.3, -0.25) is 0 Å². The van der Waals surface area contributed by atoms with Crippen LogP contribution in [0.4, 0.5) is 0 Å². The molecular formula is C8H17N5O2. The minimum Gasteiger partial charge on any atom is -0.388 e. The van der Waals surface area contributed by atoms with Crippen molar-refractivity contribution in [3.8, 4) is 0 Å². The van der Waals surface area contributed by atoms with Crippen LogP contribution in [0.1, 0.15) is 12.8 Å². The van der Waals surface area contributed by atoms with E-state index in [4.69, 9.17) is 21.9 Å². The van der Waals surface area contributed by atoms with Crippen molar-refractivity contribution in [2.75, 3.05) is 19.8 Å². The quantitative estimate of drug-likeness (QED) is 0.316. The fraction of sp³-hybridized carbons (Fsp3) is 0.750. The van der Waals surface area contributed by atoms with Crippen LogP contribution in [0.15, 0.2) is 9.98 Å². The molecule has 1 heterocycles. The summed E-state index contributed by atoms with van der Waals surface area (Å²) in [4.78, 5) is 7.45. The number of hydrogen-bond donors (Lipinski definition) is 4. The van der Waals surface area contributed by atoms with Gasteiger partial charge in [0.2, 0.25) is 5.96 Å². The van der Waals surface area contributed by atoms with E-state index in [0.29, 0.717) is 26.1 Å². The van der Waals surface area contributed by atoms with Crippen LogP contribution in [0, 0.1) is 0 Å². The summed E-state index contributed by atoms with van der Waals surface area (Å²) in [6.07, 6.45) is 1.09. The maximum atomic E-state index is 10.0. The number of aliphatic hydroxyl groups is 1. The Morgan fingerprint density at radius 2 is 1.87 bits per heavy atom. The number of rotatable bonds is 2. The van der Waals surface area contributed by atoms with Crippen molar-refractivity contribution < 1.29 is 9.84 Å². The molecule has 0 aromatic rings. The van der Waals surface area contributed by atoms with E-state index in [-0.39, 0.29) is 18.5 Å². The van der Waals surface area contributed by atoms with Crippen molar-refractivity contribution in [2.45, 2.75) is 18.4 Å². The molecule has 0 atom stereocenters. The normalized spacial score (nSPS) is 21.0. The topological polar surface area (TPSA) is 132 Å². The van der Waals surface area contributed by atoms with Crippen LogP contribution in [0.3, 0.4) is 0 Å². The largest absolute Gasteiger partial charge is 0.388 e. The molecule has 0 radical (unpaired) electrons. The van der Waals surface area contributed by atoms with Gasteiger partial charge in [0.05, 0.1) is 12.1 Å². The Morgan fingerprint density at radius 1 is 1.27 bits per heavy atom. The number of ether oxygens (including phenoxy) is 1.